The molecule has 2 rings (SSSR count). The molecule has 0 saturated carbocycles. The van der Waals surface area contributed by atoms with Gasteiger partial charge in [-0.15, -0.1) is 0 Å². The zero-order valence-corrected chi connectivity index (χ0v) is 16.2. The van der Waals surface area contributed by atoms with E-state index in [0.717, 1.165) is 0 Å². The second-order valence-corrected chi connectivity index (χ2v) is 6.90. The first kappa shape index (κ1) is 24.9. The van der Waals surface area contributed by atoms with Gasteiger partial charge in [-0.25, -0.2) is 13.2 Å². The van der Waals surface area contributed by atoms with Crippen LogP contribution in [0.3, 0.4) is 0 Å². The average Bonchev–Trinajstić information content (AvgIpc) is 2.65. The van der Waals surface area contributed by atoms with Gasteiger partial charge in [-0.1, -0.05) is 29.3 Å². The van der Waals surface area contributed by atoms with Crippen molar-refractivity contribution < 1.29 is 39.5 Å². The van der Waals surface area contributed by atoms with E-state index >= 15 is 0 Å². The van der Waals surface area contributed by atoms with Crippen LogP contribution in [0.4, 0.5) is 39.5 Å². The lowest BCUT2D eigenvalue weighted by Crippen LogP contribution is -2.19. The molecule has 0 radical (unpaired) electrons. The average molecular weight is 492 g/mol. The lowest BCUT2D eigenvalue weighted by molar-refractivity contribution is -0.140. The second-order valence-electron chi connectivity index (χ2n) is 6.11. The van der Waals surface area contributed by atoms with E-state index in [1.165, 1.54) is 6.07 Å². The van der Waals surface area contributed by atoms with Crippen molar-refractivity contribution in [3.8, 4) is 6.07 Å². The number of hydrogen-bond acceptors (Lipinski definition) is 1. The highest BCUT2D eigenvalue weighted by molar-refractivity contribution is 6.42. The van der Waals surface area contributed by atoms with Crippen molar-refractivity contribution in [2.45, 2.75) is 24.7 Å². The molecule has 0 aliphatic rings. The van der Waals surface area contributed by atoms with Gasteiger partial charge in [0.1, 0.15) is 11.7 Å². The molecule has 0 spiro atoms. The van der Waals surface area contributed by atoms with E-state index in [2.05, 4.69) is 0 Å². The SMILES string of the molecule is N#Cc1ccc(C(F)=CC(c2cc(Cl)c(Cl)c(C(F)F)c2)C(F)(F)F)cc1C(F)(F)F. The highest BCUT2D eigenvalue weighted by Gasteiger charge is 2.41. The summed E-state index contributed by atoms with van der Waals surface area (Å²) in [6, 6.07) is 3.71. The van der Waals surface area contributed by atoms with Crippen molar-refractivity contribution in [1.82, 2.24) is 0 Å². The summed E-state index contributed by atoms with van der Waals surface area (Å²) in [6.07, 6.45) is -13.6. The molecule has 0 amide bonds. The first-order chi connectivity index (χ1) is 14.2. The van der Waals surface area contributed by atoms with Crippen LogP contribution < -0.4 is 0 Å². The summed E-state index contributed by atoms with van der Waals surface area (Å²) < 4.78 is 120. The number of rotatable bonds is 4. The van der Waals surface area contributed by atoms with Crippen LogP contribution in [0.5, 0.6) is 0 Å². The quantitative estimate of drug-likeness (QED) is 0.393. The maximum atomic E-state index is 14.5. The number of allylic oxidation sites excluding steroid dienone is 1. The molecule has 12 heteroatoms. The van der Waals surface area contributed by atoms with E-state index < -0.39 is 68.4 Å². The summed E-state index contributed by atoms with van der Waals surface area (Å²) in [4.78, 5) is 0. The van der Waals surface area contributed by atoms with Crippen LogP contribution in [-0.4, -0.2) is 6.18 Å². The van der Waals surface area contributed by atoms with Gasteiger partial charge in [-0.2, -0.15) is 31.6 Å². The first-order valence-corrected chi connectivity index (χ1v) is 8.75. The molecule has 0 saturated heterocycles. The van der Waals surface area contributed by atoms with Crippen molar-refractivity contribution in [2.75, 3.05) is 0 Å². The third-order valence-corrected chi connectivity index (χ3v) is 4.88. The maximum Gasteiger partial charge on any atom is 0.417 e. The van der Waals surface area contributed by atoms with Gasteiger partial charge in [0, 0.05) is 11.1 Å². The molecule has 0 bridgehead atoms. The summed E-state index contributed by atoms with van der Waals surface area (Å²) >= 11 is 11.2. The molecule has 2 aromatic carbocycles. The maximum absolute atomic E-state index is 14.5. The molecule has 0 N–H and O–H groups in total. The molecule has 0 aromatic heterocycles. The van der Waals surface area contributed by atoms with Crippen molar-refractivity contribution >= 4 is 29.0 Å². The molecule has 166 valence electrons. The van der Waals surface area contributed by atoms with E-state index in [9.17, 15) is 39.5 Å². The number of nitrogens with zero attached hydrogens (tertiary/aromatic N) is 1. The normalized spacial score (nSPS) is 14.0. The smallest absolute Gasteiger partial charge is 0.207 e. The predicted octanol–water partition coefficient (Wildman–Crippen LogP) is 8.48. The Labute approximate surface area is 179 Å². The van der Waals surface area contributed by atoms with Crippen LogP contribution in [0, 0.1) is 11.3 Å². The van der Waals surface area contributed by atoms with Gasteiger partial charge in [0.2, 0.25) is 0 Å². The summed E-state index contributed by atoms with van der Waals surface area (Å²) in [5.41, 5.74) is -5.21. The lowest BCUT2D eigenvalue weighted by Gasteiger charge is -2.20. The molecule has 0 aliphatic heterocycles. The molecule has 1 unspecified atom stereocenters. The number of halogens is 11. The molecule has 1 atom stereocenters. The summed E-state index contributed by atoms with van der Waals surface area (Å²) in [6.45, 7) is 0. The number of benzene rings is 2. The van der Waals surface area contributed by atoms with Gasteiger partial charge in [0.15, 0.2) is 0 Å². The monoisotopic (exact) mass is 491 g/mol. The largest absolute Gasteiger partial charge is 0.417 e. The van der Waals surface area contributed by atoms with E-state index in [4.69, 9.17) is 28.5 Å². The van der Waals surface area contributed by atoms with Gasteiger partial charge in [0.25, 0.3) is 6.43 Å². The summed E-state index contributed by atoms with van der Waals surface area (Å²) in [5.74, 6) is -4.55. The standard InChI is InChI=1S/C19H8Cl2F9N/c20-14-5-10(3-11(16(14)21)17(23)24)13(19(28,29)30)6-15(22)8-1-2-9(7-31)12(4-8)18(25,26)27/h1-6,13,17H. The zero-order chi connectivity index (χ0) is 23.7. The minimum absolute atomic E-state index is 0.0731. The minimum Gasteiger partial charge on any atom is -0.207 e. The molecule has 2 aromatic rings. The van der Waals surface area contributed by atoms with Gasteiger partial charge in [0.05, 0.1) is 27.2 Å². The Bertz CT molecular complexity index is 1050. The van der Waals surface area contributed by atoms with E-state index in [0.29, 0.717) is 24.3 Å². The molecule has 1 nitrogen and oxygen atoms in total. The molecule has 0 fully saturated rings. The number of hydrogen-bond donors (Lipinski definition) is 0. The Morgan fingerprint density at radius 2 is 1.61 bits per heavy atom. The van der Waals surface area contributed by atoms with Crippen LogP contribution >= 0.6 is 23.2 Å². The Kier molecular flexibility index (Phi) is 7.23. The lowest BCUT2D eigenvalue weighted by atomic mass is 9.94. The number of alkyl halides is 8. The fourth-order valence-corrected chi connectivity index (χ4v) is 3.04. The number of nitriles is 1. The summed E-state index contributed by atoms with van der Waals surface area (Å²) in [7, 11) is 0. The van der Waals surface area contributed by atoms with Gasteiger partial charge in [-0.3, -0.25) is 0 Å². The zero-order valence-electron chi connectivity index (χ0n) is 14.7. The fraction of sp³-hybridized carbons (Fsp3) is 0.211. The first-order valence-electron chi connectivity index (χ1n) is 7.99. The molecule has 31 heavy (non-hydrogen) atoms. The second kappa shape index (κ2) is 9.01. The highest BCUT2D eigenvalue weighted by Crippen LogP contribution is 2.43. The van der Waals surface area contributed by atoms with Gasteiger partial charge >= 0.3 is 12.4 Å². The molecule has 0 aliphatic carbocycles. The van der Waals surface area contributed by atoms with Crippen molar-refractivity contribution in [3.63, 3.8) is 0 Å². The van der Waals surface area contributed by atoms with Crippen LogP contribution in [-0.2, 0) is 6.18 Å². The van der Waals surface area contributed by atoms with E-state index in [-0.39, 0.29) is 12.1 Å². The highest BCUT2D eigenvalue weighted by atomic mass is 35.5. The third-order valence-electron chi connectivity index (χ3n) is 4.06. The third kappa shape index (κ3) is 5.66. The van der Waals surface area contributed by atoms with E-state index in [1.807, 2.05) is 0 Å². The predicted molar refractivity (Wildman–Crippen MR) is 95.5 cm³/mol. The van der Waals surface area contributed by atoms with Crippen LogP contribution in [0.25, 0.3) is 5.83 Å². The summed E-state index contributed by atoms with van der Waals surface area (Å²) in [5, 5.41) is 7.41. The Morgan fingerprint density at radius 3 is 2.10 bits per heavy atom. The van der Waals surface area contributed by atoms with Crippen LogP contribution in [0.2, 0.25) is 10.0 Å². The molecular weight excluding hydrogens is 484 g/mol. The van der Waals surface area contributed by atoms with Crippen molar-refractivity contribution in [3.05, 3.63) is 74.3 Å². The topological polar surface area (TPSA) is 23.8 Å². The van der Waals surface area contributed by atoms with Crippen molar-refractivity contribution in [2.24, 2.45) is 0 Å². The van der Waals surface area contributed by atoms with Gasteiger partial charge < -0.3 is 0 Å². The van der Waals surface area contributed by atoms with Crippen molar-refractivity contribution in [1.29, 1.82) is 5.26 Å². The molecule has 0 heterocycles. The Hall–Kier alpha value is -2.38. The van der Waals surface area contributed by atoms with Crippen LogP contribution in [0.15, 0.2) is 36.4 Å². The fourth-order valence-electron chi connectivity index (χ4n) is 2.62. The minimum atomic E-state index is -5.21. The molecular formula is C19H8Cl2F9N. The van der Waals surface area contributed by atoms with Crippen LogP contribution in [0.1, 0.15) is 40.2 Å². The Balaban J connectivity index is 2.65. The van der Waals surface area contributed by atoms with E-state index in [1.54, 1.807) is 0 Å². The Morgan fingerprint density at radius 1 is 1.00 bits per heavy atom. The van der Waals surface area contributed by atoms with Gasteiger partial charge in [-0.05, 0) is 35.9 Å².